The van der Waals surface area contributed by atoms with E-state index in [2.05, 4.69) is 20.2 Å². The molecule has 1 saturated heterocycles. The van der Waals surface area contributed by atoms with E-state index in [-0.39, 0.29) is 5.91 Å². The Hall–Kier alpha value is -3.22. The average Bonchev–Trinajstić information content (AvgIpc) is 2.93. The van der Waals surface area contributed by atoms with Crippen LogP contribution in [0.15, 0.2) is 48.5 Å². The zero-order chi connectivity index (χ0) is 20.2. The summed E-state index contributed by atoms with van der Waals surface area (Å²) in [5.41, 5.74) is 3.88. The fourth-order valence-corrected chi connectivity index (χ4v) is 3.72. The fraction of sp³-hybridized carbons (Fsp3) is 0.364. The van der Waals surface area contributed by atoms with Crippen molar-refractivity contribution in [3.8, 4) is 11.3 Å². The summed E-state index contributed by atoms with van der Waals surface area (Å²) in [4.78, 5) is 16.9. The first-order valence-corrected chi connectivity index (χ1v) is 10.0. The van der Waals surface area contributed by atoms with E-state index in [9.17, 15) is 4.79 Å². The van der Waals surface area contributed by atoms with Gasteiger partial charge in [0.05, 0.1) is 11.4 Å². The van der Waals surface area contributed by atoms with Crippen molar-refractivity contribution in [1.82, 2.24) is 24.9 Å². The SMILES string of the molecule is Cc1cc(C)n(CC(=O)N2CCCN(c3ccc(-c4ccccc4)nn3)CC2)n1. The van der Waals surface area contributed by atoms with Crippen molar-refractivity contribution >= 4 is 11.7 Å². The van der Waals surface area contributed by atoms with Crippen molar-refractivity contribution in [1.29, 1.82) is 0 Å². The number of aryl methyl sites for hydroxylation is 2. The minimum atomic E-state index is 0.114. The molecular formula is C22H26N6O. The van der Waals surface area contributed by atoms with Crippen molar-refractivity contribution in [3.63, 3.8) is 0 Å². The molecule has 29 heavy (non-hydrogen) atoms. The number of carbonyl (C=O) groups excluding carboxylic acids is 1. The number of hydrogen-bond donors (Lipinski definition) is 0. The van der Waals surface area contributed by atoms with Crippen LogP contribution < -0.4 is 4.90 Å². The lowest BCUT2D eigenvalue weighted by atomic mass is 10.1. The van der Waals surface area contributed by atoms with Gasteiger partial charge < -0.3 is 9.80 Å². The van der Waals surface area contributed by atoms with E-state index in [1.807, 2.05) is 67.3 Å². The molecule has 0 aliphatic carbocycles. The highest BCUT2D eigenvalue weighted by molar-refractivity contribution is 5.76. The van der Waals surface area contributed by atoms with Gasteiger partial charge in [-0.2, -0.15) is 5.10 Å². The Bertz CT molecular complexity index is 967. The van der Waals surface area contributed by atoms with Gasteiger partial charge in [-0.25, -0.2) is 0 Å². The lowest BCUT2D eigenvalue weighted by Crippen LogP contribution is -2.37. The quantitative estimate of drug-likeness (QED) is 0.685. The number of benzene rings is 1. The maximum atomic E-state index is 12.7. The highest BCUT2D eigenvalue weighted by atomic mass is 16.2. The molecule has 1 aliphatic rings. The fourth-order valence-electron chi connectivity index (χ4n) is 3.72. The number of rotatable bonds is 4. The third kappa shape index (κ3) is 4.45. The van der Waals surface area contributed by atoms with Gasteiger partial charge in [-0.05, 0) is 38.5 Å². The van der Waals surface area contributed by atoms with E-state index in [0.29, 0.717) is 13.1 Å². The molecule has 7 heteroatoms. The van der Waals surface area contributed by atoms with Crippen LogP contribution in [0.1, 0.15) is 17.8 Å². The Morgan fingerprint density at radius 2 is 1.79 bits per heavy atom. The maximum Gasteiger partial charge on any atom is 0.244 e. The highest BCUT2D eigenvalue weighted by Crippen LogP contribution is 2.19. The minimum Gasteiger partial charge on any atom is -0.353 e. The zero-order valence-electron chi connectivity index (χ0n) is 17.0. The van der Waals surface area contributed by atoms with Crippen LogP contribution in [-0.2, 0) is 11.3 Å². The summed E-state index contributed by atoms with van der Waals surface area (Å²) in [6.07, 6.45) is 0.908. The summed E-state index contributed by atoms with van der Waals surface area (Å²) in [7, 11) is 0. The second kappa shape index (κ2) is 8.43. The molecule has 0 saturated carbocycles. The van der Waals surface area contributed by atoms with Crippen LogP contribution in [0.4, 0.5) is 5.82 Å². The molecule has 0 radical (unpaired) electrons. The van der Waals surface area contributed by atoms with Gasteiger partial charge in [0, 0.05) is 37.4 Å². The molecule has 1 amide bonds. The molecule has 0 N–H and O–H groups in total. The van der Waals surface area contributed by atoms with Crippen molar-refractivity contribution in [2.45, 2.75) is 26.8 Å². The molecule has 1 aromatic carbocycles. The normalized spacial score (nSPS) is 14.7. The summed E-state index contributed by atoms with van der Waals surface area (Å²) in [6, 6.07) is 16.1. The third-order valence-electron chi connectivity index (χ3n) is 5.28. The van der Waals surface area contributed by atoms with Crippen LogP contribution in [0.25, 0.3) is 11.3 Å². The van der Waals surface area contributed by atoms with Crippen LogP contribution in [-0.4, -0.2) is 57.0 Å². The largest absolute Gasteiger partial charge is 0.353 e. The summed E-state index contributed by atoms with van der Waals surface area (Å²) < 4.78 is 1.79. The Kier molecular flexibility index (Phi) is 5.55. The number of hydrogen-bond acceptors (Lipinski definition) is 5. The van der Waals surface area contributed by atoms with Crippen molar-refractivity contribution in [3.05, 3.63) is 59.9 Å². The molecule has 0 atom stereocenters. The lowest BCUT2D eigenvalue weighted by Gasteiger charge is -2.22. The number of nitrogens with zero attached hydrogens (tertiary/aromatic N) is 6. The van der Waals surface area contributed by atoms with Crippen molar-refractivity contribution in [2.75, 3.05) is 31.1 Å². The zero-order valence-corrected chi connectivity index (χ0v) is 17.0. The van der Waals surface area contributed by atoms with Crippen molar-refractivity contribution in [2.24, 2.45) is 0 Å². The first kappa shape index (κ1) is 19.1. The third-order valence-corrected chi connectivity index (χ3v) is 5.28. The predicted molar refractivity (Wildman–Crippen MR) is 113 cm³/mol. The van der Waals surface area contributed by atoms with Gasteiger partial charge in [0.15, 0.2) is 5.82 Å². The van der Waals surface area contributed by atoms with E-state index < -0.39 is 0 Å². The molecule has 1 fully saturated rings. The summed E-state index contributed by atoms with van der Waals surface area (Å²) >= 11 is 0. The lowest BCUT2D eigenvalue weighted by molar-refractivity contribution is -0.131. The standard InChI is InChI=1S/C22H26N6O/c1-17-15-18(2)28(25-17)16-22(29)27-12-6-11-26(13-14-27)21-10-9-20(23-24-21)19-7-4-3-5-8-19/h3-5,7-10,15H,6,11-14,16H2,1-2H3. The molecule has 0 unspecified atom stereocenters. The molecule has 7 nitrogen and oxygen atoms in total. The van der Waals surface area contributed by atoms with Gasteiger partial charge in [-0.15, -0.1) is 10.2 Å². The van der Waals surface area contributed by atoms with E-state index in [0.717, 1.165) is 54.5 Å². The molecule has 1 aliphatic heterocycles. The summed E-state index contributed by atoms with van der Waals surface area (Å²) in [5.74, 6) is 0.973. The van der Waals surface area contributed by atoms with Gasteiger partial charge in [0.25, 0.3) is 0 Å². The summed E-state index contributed by atoms with van der Waals surface area (Å²) in [5, 5.41) is 13.2. The first-order chi connectivity index (χ1) is 14.1. The van der Waals surface area contributed by atoms with Gasteiger partial charge in [-0.1, -0.05) is 30.3 Å². The monoisotopic (exact) mass is 390 g/mol. The Labute approximate surface area is 171 Å². The molecule has 150 valence electrons. The van der Waals surface area contributed by atoms with Crippen LogP contribution in [0.5, 0.6) is 0 Å². The van der Waals surface area contributed by atoms with Gasteiger partial charge in [0.1, 0.15) is 6.54 Å². The summed E-state index contributed by atoms with van der Waals surface area (Å²) in [6.45, 7) is 7.28. The van der Waals surface area contributed by atoms with E-state index in [1.54, 1.807) is 4.68 Å². The Morgan fingerprint density at radius 1 is 0.966 bits per heavy atom. The number of aromatic nitrogens is 4. The molecule has 4 rings (SSSR count). The van der Waals surface area contributed by atoms with Gasteiger partial charge in [-0.3, -0.25) is 9.48 Å². The van der Waals surface area contributed by atoms with Gasteiger partial charge in [0.2, 0.25) is 5.91 Å². The van der Waals surface area contributed by atoms with Crippen LogP contribution in [0, 0.1) is 13.8 Å². The van der Waals surface area contributed by atoms with Gasteiger partial charge >= 0.3 is 0 Å². The molecule has 3 aromatic rings. The number of carbonyl (C=O) groups is 1. The van der Waals surface area contributed by atoms with Crippen molar-refractivity contribution < 1.29 is 4.79 Å². The predicted octanol–water partition coefficient (Wildman–Crippen LogP) is 2.70. The molecular weight excluding hydrogens is 364 g/mol. The van der Waals surface area contributed by atoms with E-state index in [4.69, 9.17) is 0 Å². The molecule has 0 bridgehead atoms. The molecule has 0 spiro atoms. The van der Waals surface area contributed by atoms with E-state index in [1.165, 1.54) is 0 Å². The topological polar surface area (TPSA) is 67.2 Å². The van der Waals surface area contributed by atoms with Crippen LogP contribution in [0.3, 0.4) is 0 Å². The minimum absolute atomic E-state index is 0.114. The van der Waals surface area contributed by atoms with Crippen LogP contribution >= 0.6 is 0 Å². The smallest absolute Gasteiger partial charge is 0.244 e. The first-order valence-electron chi connectivity index (χ1n) is 10.0. The van der Waals surface area contributed by atoms with Crippen LogP contribution in [0.2, 0.25) is 0 Å². The second-order valence-electron chi connectivity index (χ2n) is 7.45. The number of anilines is 1. The second-order valence-corrected chi connectivity index (χ2v) is 7.45. The molecule has 3 heterocycles. The average molecular weight is 390 g/mol. The Balaban J connectivity index is 1.38. The Morgan fingerprint density at radius 3 is 2.48 bits per heavy atom. The maximum absolute atomic E-state index is 12.7. The number of amides is 1. The van der Waals surface area contributed by atoms with E-state index >= 15 is 0 Å². The molecule has 2 aromatic heterocycles. The highest BCUT2D eigenvalue weighted by Gasteiger charge is 2.21.